The van der Waals surface area contributed by atoms with E-state index in [0.29, 0.717) is 49.9 Å². The molecule has 1 aromatic heterocycles. The average molecular weight is 455 g/mol. The second-order valence-corrected chi connectivity index (χ2v) is 8.28. The number of methoxy groups -OCH3 is 1. The Hall–Kier alpha value is -4.13. The van der Waals surface area contributed by atoms with Gasteiger partial charge in [0.1, 0.15) is 5.75 Å². The summed E-state index contributed by atoms with van der Waals surface area (Å²) in [6.07, 6.45) is 0. The molecule has 0 saturated carbocycles. The van der Waals surface area contributed by atoms with Gasteiger partial charge in [0.15, 0.2) is 5.82 Å². The smallest absolute Gasteiger partial charge is 0.294 e. The maximum Gasteiger partial charge on any atom is 0.294 e. The minimum atomic E-state index is -0.118. The van der Waals surface area contributed by atoms with Crippen LogP contribution < -0.4 is 15.2 Å². The molecule has 172 valence electrons. The summed E-state index contributed by atoms with van der Waals surface area (Å²) >= 11 is 0. The third kappa shape index (κ3) is 4.12. The van der Waals surface area contributed by atoms with Gasteiger partial charge in [-0.2, -0.15) is 0 Å². The van der Waals surface area contributed by atoms with E-state index in [9.17, 15) is 9.59 Å². The van der Waals surface area contributed by atoms with Gasteiger partial charge < -0.3 is 14.5 Å². The molecule has 0 radical (unpaired) electrons. The van der Waals surface area contributed by atoms with Gasteiger partial charge in [0.25, 0.3) is 11.5 Å². The Bertz CT molecular complexity index is 1380. The van der Waals surface area contributed by atoms with Gasteiger partial charge in [-0.05, 0) is 29.8 Å². The van der Waals surface area contributed by atoms with Crippen molar-refractivity contribution in [3.8, 4) is 5.75 Å². The first-order chi connectivity index (χ1) is 16.7. The highest BCUT2D eigenvalue weighted by Gasteiger charge is 2.26. The molecule has 1 saturated heterocycles. The van der Waals surface area contributed by atoms with Gasteiger partial charge in [-0.25, -0.2) is 4.98 Å². The van der Waals surface area contributed by atoms with Crippen LogP contribution in [-0.2, 0) is 6.54 Å². The Morgan fingerprint density at radius 1 is 0.882 bits per heavy atom. The molecule has 0 bridgehead atoms. The molecule has 7 nitrogen and oxygen atoms in total. The van der Waals surface area contributed by atoms with Crippen LogP contribution in [0.1, 0.15) is 15.9 Å². The van der Waals surface area contributed by atoms with Gasteiger partial charge in [0.2, 0.25) is 0 Å². The Morgan fingerprint density at radius 2 is 1.56 bits per heavy atom. The number of amides is 1. The van der Waals surface area contributed by atoms with E-state index in [0.717, 1.165) is 16.6 Å². The van der Waals surface area contributed by atoms with E-state index in [2.05, 4.69) is 0 Å². The lowest BCUT2D eigenvalue weighted by molar-refractivity contribution is 0.0743. The van der Waals surface area contributed by atoms with Crippen molar-refractivity contribution in [3.63, 3.8) is 0 Å². The maximum atomic E-state index is 13.6. The lowest BCUT2D eigenvalue weighted by Gasteiger charge is -2.35. The second-order valence-electron chi connectivity index (χ2n) is 8.28. The monoisotopic (exact) mass is 454 g/mol. The van der Waals surface area contributed by atoms with E-state index in [1.165, 1.54) is 0 Å². The number of aromatic nitrogens is 2. The van der Waals surface area contributed by atoms with Crippen molar-refractivity contribution in [3.05, 3.63) is 100 Å². The van der Waals surface area contributed by atoms with Crippen molar-refractivity contribution < 1.29 is 9.53 Å². The van der Waals surface area contributed by atoms with Crippen LogP contribution in [0.25, 0.3) is 11.0 Å². The SMILES string of the molecule is COc1ccccc1C(=O)N1CCN(c2nc3ccccc3n(Cc3ccccc3)c2=O)CC1. The maximum absolute atomic E-state index is 13.6. The minimum absolute atomic E-state index is 0.0648. The summed E-state index contributed by atoms with van der Waals surface area (Å²) in [5.41, 5.74) is 3.07. The van der Waals surface area contributed by atoms with Crippen LogP contribution in [0.4, 0.5) is 5.82 Å². The van der Waals surface area contributed by atoms with E-state index in [4.69, 9.17) is 9.72 Å². The Kier molecular flexibility index (Phi) is 5.99. The van der Waals surface area contributed by atoms with Gasteiger partial charge in [-0.3, -0.25) is 14.2 Å². The van der Waals surface area contributed by atoms with E-state index in [-0.39, 0.29) is 11.5 Å². The van der Waals surface area contributed by atoms with Crippen LogP contribution in [0.2, 0.25) is 0 Å². The fraction of sp³-hybridized carbons (Fsp3) is 0.222. The first kappa shape index (κ1) is 21.7. The summed E-state index contributed by atoms with van der Waals surface area (Å²) in [4.78, 5) is 35.2. The summed E-state index contributed by atoms with van der Waals surface area (Å²) in [6, 6.07) is 24.9. The minimum Gasteiger partial charge on any atom is -0.496 e. The molecule has 1 aliphatic rings. The Morgan fingerprint density at radius 3 is 2.32 bits per heavy atom. The molecular weight excluding hydrogens is 428 g/mol. The number of anilines is 1. The van der Waals surface area contributed by atoms with Gasteiger partial charge in [-0.1, -0.05) is 54.6 Å². The van der Waals surface area contributed by atoms with Gasteiger partial charge in [0.05, 0.1) is 30.3 Å². The Labute approximate surface area is 197 Å². The number of nitrogens with zero attached hydrogens (tertiary/aromatic N) is 4. The first-order valence-corrected chi connectivity index (χ1v) is 11.4. The number of rotatable bonds is 5. The zero-order chi connectivity index (χ0) is 23.5. The zero-order valence-electron chi connectivity index (χ0n) is 19.1. The van der Waals surface area contributed by atoms with Crippen LogP contribution in [-0.4, -0.2) is 53.6 Å². The number of para-hydroxylation sites is 3. The third-order valence-corrected chi connectivity index (χ3v) is 6.22. The molecule has 3 aromatic carbocycles. The highest BCUT2D eigenvalue weighted by Crippen LogP contribution is 2.21. The van der Waals surface area contributed by atoms with Crippen molar-refractivity contribution in [1.29, 1.82) is 0 Å². The van der Waals surface area contributed by atoms with E-state index in [1.807, 2.05) is 71.6 Å². The lowest BCUT2D eigenvalue weighted by Crippen LogP contribution is -2.50. The third-order valence-electron chi connectivity index (χ3n) is 6.22. The largest absolute Gasteiger partial charge is 0.496 e. The molecule has 7 heteroatoms. The zero-order valence-corrected chi connectivity index (χ0v) is 19.1. The molecule has 5 rings (SSSR count). The van der Waals surface area contributed by atoms with Crippen LogP contribution in [0.5, 0.6) is 5.75 Å². The molecule has 0 atom stereocenters. The molecule has 0 aliphatic carbocycles. The van der Waals surface area contributed by atoms with Crippen molar-refractivity contribution in [2.24, 2.45) is 0 Å². The number of fused-ring (bicyclic) bond motifs is 1. The second kappa shape index (κ2) is 9.39. The average Bonchev–Trinajstić information content (AvgIpc) is 2.90. The number of benzene rings is 3. The van der Waals surface area contributed by atoms with E-state index < -0.39 is 0 Å². The van der Waals surface area contributed by atoms with Crippen molar-refractivity contribution in [2.45, 2.75) is 6.54 Å². The summed E-state index contributed by atoms with van der Waals surface area (Å²) in [5.74, 6) is 0.930. The highest BCUT2D eigenvalue weighted by atomic mass is 16.5. The van der Waals surface area contributed by atoms with Gasteiger partial charge in [-0.15, -0.1) is 0 Å². The number of carbonyl (C=O) groups excluding carboxylic acids is 1. The fourth-order valence-electron chi connectivity index (χ4n) is 4.42. The van der Waals surface area contributed by atoms with E-state index >= 15 is 0 Å². The van der Waals surface area contributed by atoms with Crippen LogP contribution in [0, 0.1) is 0 Å². The topological polar surface area (TPSA) is 67.7 Å². The van der Waals surface area contributed by atoms with Gasteiger partial charge in [0, 0.05) is 26.2 Å². The van der Waals surface area contributed by atoms with Gasteiger partial charge >= 0.3 is 0 Å². The van der Waals surface area contributed by atoms with Crippen LogP contribution >= 0.6 is 0 Å². The summed E-state index contributed by atoms with van der Waals surface area (Å²) in [7, 11) is 1.57. The quantitative estimate of drug-likeness (QED) is 0.462. The first-order valence-electron chi connectivity index (χ1n) is 11.4. The fourth-order valence-corrected chi connectivity index (χ4v) is 4.42. The summed E-state index contributed by atoms with van der Waals surface area (Å²) < 4.78 is 7.15. The van der Waals surface area contributed by atoms with Crippen LogP contribution in [0.3, 0.4) is 0 Å². The molecule has 0 spiro atoms. The molecule has 2 heterocycles. The summed E-state index contributed by atoms with van der Waals surface area (Å²) in [6.45, 7) is 2.55. The van der Waals surface area contributed by atoms with Crippen molar-refractivity contribution in [2.75, 3.05) is 38.2 Å². The molecule has 1 fully saturated rings. The van der Waals surface area contributed by atoms with E-state index in [1.54, 1.807) is 28.7 Å². The number of piperazine rings is 1. The molecule has 1 amide bonds. The summed E-state index contributed by atoms with van der Waals surface area (Å²) in [5, 5.41) is 0. The number of hydrogen-bond donors (Lipinski definition) is 0. The lowest BCUT2D eigenvalue weighted by atomic mass is 10.1. The van der Waals surface area contributed by atoms with Crippen LogP contribution in [0.15, 0.2) is 83.7 Å². The number of carbonyl (C=O) groups is 1. The normalized spacial score (nSPS) is 13.8. The molecule has 1 aliphatic heterocycles. The predicted octanol–water partition coefficient (Wildman–Crippen LogP) is 3.42. The predicted molar refractivity (Wildman–Crippen MR) is 133 cm³/mol. The molecule has 4 aromatic rings. The molecule has 34 heavy (non-hydrogen) atoms. The standard InChI is InChI=1S/C27H26N4O3/c1-34-24-14-8-5-11-21(24)26(32)30-17-15-29(16-18-30)25-27(33)31(19-20-9-3-2-4-10-20)23-13-7-6-12-22(23)28-25/h2-14H,15-19H2,1H3. The molecule has 0 N–H and O–H groups in total. The Balaban J connectivity index is 1.42. The number of hydrogen-bond acceptors (Lipinski definition) is 5. The molecule has 0 unspecified atom stereocenters. The van der Waals surface area contributed by atoms with Crippen molar-refractivity contribution >= 4 is 22.8 Å². The number of ether oxygens (including phenoxy) is 1. The van der Waals surface area contributed by atoms with Crippen molar-refractivity contribution in [1.82, 2.24) is 14.5 Å². The highest BCUT2D eigenvalue weighted by molar-refractivity contribution is 5.97. The molecular formula is C27H26N4O3.